The van der Waals surface area contributed by atoms with Crippen LogP contribution >= 0.6 is 0 Å². The van der Waals surface area contributed by atoms with Gasteiger partial charge in [0.2, 0.25) is 5.91 Å². The Labute approximate surface area is 148 Å². The van der Waals surface area contributed by atoms with Crippen LogP contribution in [-0.4, -0.2) is 37.0 Å². The maximum atomic E-state index is 13.0. The summed E-state index contributed by atoms with van der Waals surface area (Å²) in [5.41, 5.74) is 3.16. The fourth-order valence-corrected chi connectivity index (χ4v) is 3.02. The van der Waals surface area contributed by atoms with Crippen molar-refractivity contribution >= 4 is 17.3 Å². The van der Waals surface area contributed by atoms with Crippen molar-refractivity contribution < 1.29 is 9.18 Å². The second-order valence-corrected chi connectivity index (χ2v) is 6.34. The topological polar surface area (TPSA) is 35.6 Å². The van der Waals surface area contributed by atoms with E-state index in [4.69, 9.17) is 0 Å². The van der Waals surface area contributed by atoms with Gasteiger partial charge in [-0.2, -0.15) is 0 Å². The van der Waals surface area contributed by atoms with Gasteiger partial charge in [-0.05, 0) is 42.0 Å². The van der Waals surface area contributed by atoms with Gasteiger partial charge in [-0.15, -0.1) is 0 Å². The molecule has 0 bridgehead atoms. The number of amides is 1. The van der Waals surface area contributed by atoms with Gasteiger partial charge < -0.3 is 10.2 Å². The number of halogens is 1. The molecule has 3 rings (SSSR count). The molecule has 0 unspecified atom stereocenters. The van der Waals surface area contributed by atoms with E-state index in [0.717, 1.165) is 44.0 Å². The fraction of sp³-hybridized carbons (Fsp3) is 0.350. The van der Waals surface area contributed by atoms with E-state index in [9.17, 15) is 9.18 Å². The van der Waals surface area contributed by atoms with E-state index in [1.807, 2.05) is 31.2 Å². The second kappa shape index (κ2) is 8.12. The first-order valence-electron chi connectivity index (χ1n) is 8.75. The van der Waals surface area contributed by atoms with Gasteiger partial charge in [0.25, 0.3) is 0 Å². The highest BCUT2D eigenvalue weighted by Gasteiger charge is 2.17. The maximum Gasteiger partial charge on any atom is 0.224 e. The van der Waals surface area contributed by atoms with Crippen LogP contribution < -0.4 is 10.2 Å². The minimum atomic E-state index is -0.188. The number of benzene rings is 2. The van der Waals surface area contributed by atoms with E-state index in [0.29, 0.717) is 6.42 Å². The third kappa shape index (κ3) is 4.79. The molecule has 1 amide bonds. The summed E-state index contributed by atoms with van der Waals surface area (Å²) in [6.07, 6.45) is 0.484. The summed E-state index contributed by atoms with van der Waals surface area (Å²) in [5, 5.41) is 2.87. The molecule has 132 valence electrons. The van der Waals surface area contributed by atoms with Gasteiger partial charge in [-0.1, -0.05) is 19.1 Å². The number of nitrogens with zero attached hydrogens (tertiary/aromatic N) is 2. The second-order valence-electron chi connectivity index (χ2n) is 6.34. The molecule has 25 heavy (non-hydrogen) atoms. The Hall–Kier alpha value is -2.40. The molecule has 4 nitrogen and oxygen atoms in total. The van der Waals surface area contributed by atoms with Gasteiger partial charge in [-0.25, -0.2) is 4.39 Å². The van der Waals surface area contributed by atoms with Crippen molar-refractivity contribution in [1.82, 2.24) is 4.90 Å². The molecule has 0 aromatic heterocycles. The quantitative estimate of drug-likeness (QED) is 0.904. The lowest BCUT2D eigenvalue weighted by Crippen LogP contribution is -2.45. The maximum absolute atomic E-state index is 13.0. The molecule has 0 atom stereocenters. The molecule has 5 heteroatoms. The summed E-state index contributed by atoms with van der Waals surface area (Å²) >= 11 is 0. The van der Waals surface area contributed by atoms with Gasteiger partial charge in [0.05, 0.1) is 0 Å². The summed E-state index contributed by atoms with van der Waals surface area (Å²) in [6, 6.07) is 14.8. The summed E-state index contributed by atoms with van der Waals surface area (Å²) in [6.45, 7) is 6.58. The lowest BCUT2D eigenvalue weighted by Gasteiger charge is -2.36. The number of rotatable bonds is 5. The van der Waals surface area contributed by atoms with Gasteiger partial charge in [0.1, 0.15) is 5.82 Å². The van der Waals surface area contributed by atoms with Gasteiger partial charge in [0.15, 0.2) is 0 Å². The van der Waals surface area contributed by atoms with Crippen molar-refractivity contribution in [2.24, 2.45) is 0 Å². The van der Waals surface area contributed by atoms with Crippen LogP contribution in [0.25, 0.3) is 0 Å². The molecule has 0 saturated carbocycles. The van der Waals surface area contributed by atoms with E-state index < -0.39 is 0 Å². The normalized spacial score (nSPS) is 15.2. The van der Waals surface area contributed by atoms with E-state index >= 15 is 0 Å². The van der Waals surface area contributed by atoms with Crippen LogP contribution in [0.1, 0.15) is 18.9 Å². The summed E-state index contributed by atoms with van der Waals surface area (Å²) < 4.78 is 13.0. The van der Waals surface area contributed by atoms with E-state index in [1.54, 1.807) is 0 Å². The third-order valence-electron chi connectivity index (χ3n) is 4.53. The number of hydrogen-bond acceptors (Lipinski definition) is 3. The van der Waals surface area contributed by atoms with Crippen LogP contribution in [0.5, 0.6) is 0 Å². The van der Waals surface area contributed by atoms with Crippen LogP contribution in [0, 0.1) is 5.82 Å². The molecular formula is C20H24FN3O. The molecule has 0 aliphatic carbocycles. The lowest BCUT2D eigenvalue weighted by molar-refractivity contribution is -0.115. The highest BCUT2D eigenvalue weighted by molar-refractivity contribution is 5.90. The van der Waals surface area contributed by atoms with Crippen LogP contribution in [-0.2, 0) is 11.3 Å². The average molecular weight is 341 g/mol. The predicted molar refractivity (Wildman–Crippen MR) is 99.3 cm³/mol. The molecule has 1 saturated heterocycles. The smallest absolute Gasteiger partial charge is 0.224 e. The molecule has 2 aromatic rings. The van der Waals surface area contributed by atoms with Gasteiger partial charge in [0, 0.05) is 50.5 Å². The number of nitrogens with one attached hydrogen (secondary N) is 1. The summed E-state index contributed by atoms with van der Waals surface area (Å²) in [4.78, 5) is 16.2. The van der Waals surface area contributed by atoms with Crippen molar-refractivity contribution in [3.05, 3.63) is 59.9 Å². The molecule has 1 aliphatic heterocycles. The highest BCUT2D eigenvalue weighted by Crippen LogP contribution is 2.20. The first-order chi connectivity index (χ1) is 12.1. The van der Waals surface area contributed by atoms with Gasteiger partial charge >= 0.3 is 0 Å². The van der Waals surface area contributed by atoms with Crippen LogP contribution in [0.3, 0.4) is 0 Å². The molecule has 1 N–H and O–H groups in total. The number of anilines is 2. The molecule has 2 aromatic carbocycles. The largest absolute Gasteiger partial charge is 0.369 e. The van der Waals surface area contributed by atoms with Crippen molar-refractivity contribution in [2.45, 2.75) is 19.9 Å². The Morgan fingerprint density at radius 1 is 1.00 bits per heavy atom. The SMILES string of the molecule is CCC(=O)Nc1ccc(N2CCN(Cc3ccc(F)cc3)CC2)cc1. The monoisotopic (exact) mass is 341 g/mol. The Morgan fingerprint density at radius 3 is 2.24 bits per heavy atom. The molecular weight excluding hydrogens is 317 g/mol. The Balaban J connectivity index is 1.51. The zero-order chi connectivity index (χ0) is 17.6. The summed E-state index contributed by atoms with van der Waals surface area (Å²) in [5.74, 6) is -0.158. The van der Waals surface area contributed by atoms with Crippen LogP contribution in [0.15, 0.2) is 48.5 Å². The Morgan fingerprint density at radius 2 is 1.64 bits per heavy atom. The average Bonchev–Trinajstić information content (AvgIpc) is 2.65. The third-order valence-corrected chi connectivity index (χ3v) is 4.53. The minimum Gasteiger partial charge on any atom is -0.369 e. The number of carbonyl (C=O) groups is 1. The standard InChI is InChI=1S/C20H24FN3O/c1-2-20(25)22-18-7-9-19(10-8-18)24-13-11-23(12-14-24)15-16-3-5-17(21)6-4-16/h3-10H,2,11-15H2,1H3,(H,22,25). The number of piperazine rings is 1. The molecule has 1 heterocycles. The Kier molecular flexibility index (Phi) is 5.66. The molecule has 0 spiro atoms. The van der Waals surface area contributed by atoms with Crippen molar-refractivity contribution in [1.29, 1.82) is 0 Å². The molecule has 1 aliphatic rings. The lowest BCUT2D eigenvalue weighted by atomic mass is 10.2. The zero-order valence-corrected chi connectivity index (χ0v) is 14.5. The van der Waals surface area contributed by atoms with Crippen molar-refractivity contribution in [3.63, 3.8) is 0 Å². The molecule has 0 radical (unpaired) electrons. The van der Waals surface area contributed by atoms with Gasteiger partial charge in [-0.3, -0.25) is 9.69 Å². The van der Waals surface area contributed by atoms with E-state index in [1.165, 1.54) is 17.8 Å². The first-order valence-corrected chi connectivity index (χ1v) is 8.75. The van der Waals surface area contributed by atoms with Crippen molar-refractivity contribution in [3.8, 4) is 0 Å². The molecule has 1 fully saturated rings. The highest BCUT2D eigenvalue weighted by atomic mass is 19.1. The Bertz CT molecular complexity index is 692. The van der Waals surface area contributed by atoms with Crippen molar-refractivity contribution in [2.75, 3.05) is 36.4 Å². The fourth-order valence-electron chi connectivity index (χ4n) is 3.02. The zero-order valence-electron chi connectivity index (χ0n) is 14.5. The summed E-state index contributed by atoms with van der Waals surface area (Å²) in [7, 11) is 0. The number of hydrogen-bond donors (Lipinski definition) is 1. The minimum absolute atomic E-state index is 0.0298. The van der Waals surface area contributed by atoms with Crippen LogP contribution in [0.2, 0.25) is 0 Å². The number of carbonyl (C=O) groups excluding carboxylic acids is 1. The first kappa shape index (κ1) is 17.4. The van der Waals surface area contributed by atoms with E-state index in [-0.39, 0.29) is 11.7 Å². The van der Waals surface area contributed by atoms with Crippen LogP contribution in [0.4, 0.5) is 15.8 Å². The van der Waals surface area contributed by atoms with E-state index in [2.05, 4.69) is 27.2 Å². The predicted octanol–water partition coefficient (Wildman–Crippen LogP) is 3.50.